The van der Waals surface area contributed by atoms with Crippen molar-refractivity contribution in [2.75, 3.05) is 32.9 Å². The molecule has 6 aliphatic rings. The van der Waals surface area contributed by atoms with Gasteiger partial charge in [0.15, 0.2) is 18.1 Å². The lowest BCUT2D eigenvalue weighted by Gasteiger charge is -2.50. The van der Waals surface area contributed by atoms with Crippen LogP contribution in [0.5, 0.6) is 0 Å². The zero-order chi connectivity index (χ0) is 42.6. The Morgan fingerprint density at radius 1 is 0.967 bits per heavy atom. The number of esters is 1. The van der Waals surface area contributed by atoms with Gasteiger partial charge >= 0.3 is 5.97 Å². The number of carbonyl (C=O) groups excluding carboxylic acids is 3. The van der Waals surface area contributed by atoms with E-state index in [-0.39, 0.29) is 44.5 Å². The Morgan fingerprint density at radius 3 is 2.37 bits per heavy atom. The lowest BCUT2D eigenvalue weighted by atomic mass is 9.62. The quantitative estimate of drug-likeness (QED) is 0.0846. The molecule has 1 saturated carbocycles. The van der Waals surface area contributed by atoms with E-state index in [2.05, 4.69) is 19.2 Å². The number of hydrogen-bond acceptors (Lipinski definition) is 15. The van der Waals surface area contributed by atoms with Gasteiger partial charge in [-0.15, -0.1) is 0 Å². The van der Waals surface area contributed by atoms with E-state index in [4.69, 9.17) is 28.5 Å². The lowest BCUT2D eigenvalue weighted by Crippen LogP contribution is -2.70. The van der Waals surface area contributed by atoms with Gasteiger partial charge in [-0.25, -0.2) is 0 Å². The van der Waals surface area contributed by atoms with Crippen LogP contribution in [0.15, 0.2) is 30.3 Å². The first kappa shape index (κ1) is 45.0. The van der Waals surface area contributed by atoms with Gasteiger partial charge in [-0.1, -0.05) is 75.9 Å². The molecule has 0 unspecified atom stereocenters. The molecule has 2 amide bonds. The molecule has 5 saturated heterocycles. The number of amides is 2. The fraction of sp³-hybridized carbons (Fsp3) is 0.744. The number of nitrogens with one attached hydrogen (secondary N) is 1. The van der Waals surface area contributed by atoms with E-state index in [0.717, 1.165) is 49.7 Å². The van der Waals surface area contributed by atoms with Gasteiger partial charge in [-0.2, -0.15) is 5.06 Å². The van der Waals surface area contributed by atoms with Crippen molar-refractivity contribution in [3.8, 4) is 0 Å². The summed E-state index contributed by atoms with van der Waals surface area (Å²) in [5.74, 6) is -2.19. The molecule has 0 aromatic heterocycles. The van der Waals surface area contributed by atoms with Gasteiger partial charge in [0, 0.05) is 32.4 Å². The van der Waals surface area contributed by atoms with Gasteiger partial charge in [0.2, 0.25) is 11.8 Å². The highest BCUT2D eigenvalue weighted by atomic mass is 16.8. The molecule has 1 aliphatic carbocycles. The number of aliphatic hydroxyl groups excluding tert-OH is 5. The predicted octanol–water partition coefficient (Wildman–Crippen LogP) is 1.06. The van der Waals surface area contributed by atoms with Crippen LogP contribution in [-0.2, 0) is 49.5 Å². The average Bonchev–Trinajstić information content (AvgIpc) is 3.98. The number of carbonyl (C=O) groups is 3. The first-order chi connectivity index (χ1) is 29.0. The van der Waals surface area contributed by atoms with Crippen LogP contribution in [0.4, 0.5) is 0 Å². The fourth-order valence-corrected chi connectivity index (χ4v) is 9.98. The molecule has 60 heavy (non-hydrogen) atoms. The van der Waals surface area contributed by atoms with Crippen LogP contribution in [0, 0.1) is 5.41 Å². The fourth-order valence-electron chi connectivity index (χ4n) is 9.98. The molecule has 2 bridgehead atoms. The second-order valence-electron chi connectivity index (χ2n) is 17.1. The summed E-state index contributed by atoms with van der Waals surface area (Å²) in [6, 6.07) is 5.61. The van der Waals surface area contributed by atoms with Crippen molar-refractivity contribution in [3.05, 3.63) is 41.5 Å². The molecule has 5 heterocycles. The molecule has 0 radical (unpaired) electrons. The average molecular weight is 846 g/mol. The lowest BCUT2D eigenvalue weighted by molar-refractivity contribution is -0.298. The van der Waals surface area contributed by atoms with Crippen molar-refractivity contribution >= 4 is 23.9 Å². The highest BCUT2D eigenvalue weighted by Crippen LogP contribution is 2.59. The van der Waals surface area contributed by atoms with Crippen molar-refractivity contribution in [2.24, 2.45) is 5.41 Å². The van der Waals surface area contributed by atoms with Crippen LogP contribution in [0.1, 0.15) is 95.6 Å². The maximum atomic E-state index is 15.3. The van der Waals surface area contributed by atoms with E-state index >= 15 is 4.79 Å². The van der Waals surface area contributed by atoms with E-state index < -0.39 is 91.0 Å². The van der Waals surface area contributed by atoms with Gasteiger partial charge in [-0.05, 0) is 36.8 Å². The minimum Gasteiger partial charge on any atom is -0.458 e. The Hall–Kier alpha value is -3.07. The van der Waals surface area contributed by atoms with Crippen LogP contribution in [-0.4, -0.2) is 159 Å². The zero-order valence-corrected chi connectivity index (χ0v) is 34.6. The maximum absolute atomic E-state index is 15.3. The second kappa shape index (κ2) is 19.5. The van der Waals surface area contributed by atoms with Crippen LogP contribution in [0.2, 0.25) is 0 Å². The number of likely N-dealkylation sites (tertiary alicyclic amines) is 1. The number of unbranched alkanes of at least 4 members (excludes halogenated alkanes) is 4. The number of ether oxygens (including phenoxy) is 5. The number of benzene rings is 1. The molecule has 5 aliphatic heterocycles. The van der Waals surface area contributed by atoms with E-state index in [0.29, 0.717) is 32.2 Å². The summed E-state index contributed by atoms with van der Waals surface area (Å²) in [7, 11) is 0. The monoisotopic (exact) mass is 845 g/mol. The largest absolute Gasteiger partial charge is 0.458 e. The van der Waals surface area contributed by atoms with Crippen LogP contribution < -0.4 is 5.32 Å². The number of fused-ring (bicyclic) bond motifs is 4. The summed E-state index contributed by atoms with van der Waals surface area (Å²) >= 11 is 0. The van der Waals surface area contributed by atoms with Gasteiger partial charge in [0.25, 0.3) is 0 Å². The standard InChI is InChI=1S/C43H63N3O14/c1-3-5-7-17-42(18-8-6-4-2)58-34-29-23-43(41(54)45-20-9-12-28(45)38(52)44-19-21-47)36(39(53)56-29)46(60-37(43)35(34)59-42)24-27-15-13-26(14-16-27)11-10-22-55-40-33(51)32(50)31(49)30(25-48)57-40/h10-11,13-16,28-37,40,47-51H,3-9,12,17-25H2,1-2H3,(H,44,52)/t28-,29-,30-,31+,32+,33-,34+,35+,36+,37-,40+,43+/m1/s1. The molecule has 7 rings (SSSR count). The van der Waals surface area contributed by atoms with Gasteiger partial charge in [0.05, 0.1) is 26.4 Å². The summed E-state index contributed by atoms with van der Waals surface area (Å²) in [5.41, 5.74) is 0.175. The highest BCUT2D eigenvalue weighted by Gasteiger charge is 2.77. The third-order valence-electron chi connectivity index (χ3n) is 13.0. The summed E-state index contributed by atoms with van der Waals surface area (Å²) in [5, 5.41) is 53.4. The van der Waals surface area contributed by atoms with Gasteiger partial charge in [0.1, 0.15) is 60.3 Å². The normalized spacial score (nSPS) is 35.8. The maximum Gasteiger partial charge on any atom is 0.327 e. The van der Waals surface area contributed by atoms with Crippen molar-refractivity contribution in [2.45, 2.75) is 164 Å². The predicted molar refractivity (Wildman–Crippen MR) is 212 cm³/mol. The van der Waals surface area contributed by atoms with Crippen molar-refractivity contribution in [1.82, 2.24) is 15.3 Å². The minimum atomic E-state index is -1.54. The molecule has 1 aromatic carbocycles. The Labute approximate surface area is 350 Å². The summed E-state index contributed by atoms with van der Waals surface area (Å²) < 4.78 is 31.1. The second-order valence-corrected chi connectivity index (χ2v) is 17.1. The van der Waals surface area contributed by atoms with E-state index in [1.807, 2.05) is 24.3 Å². The topological polar surface area (TPSA) is 226 Å². The Morgan fingerprint density at radius 2 is 1.68 bits per heavy atom. The molecular weight excluding hydrogens is 782 g/mol. The molecule has 6 fully saturated rings. The van der Waals surface area contributed by atoms with Gasteiger partial charge in [-0.3, -0.25) is 19.2 Å². The minimum absolute atomic E-state index is 0.00174. The Balaban J connectivity index is 1.12. The van der Waals surface area contributed by atoms with Crippen molar-refractivity contribution < 1.29 is 68.4 Å². The number of aliphatic hydroxyl groups is 5. The summed E-state index contributed by atoms with van der Waals surface area (Å²) in [4.78, 5) is 51.3. The Kier molecular flexibility index (Phi) is 14.6. The number of nitrogens with zero attached hydrogens (tertiary/aromatic N) is 2. The Bertz CT molecular complexity index is 1650. The molecule has 6 N–H and O–H groups in total. The molecule has 0 spiro atoms. The van der Waals surface area contributed by atoms with E-state index in [1.165, 1.54) is 0 Å². The molecular formula is C43H63N3O14. The number of hydroxylamine groups is 2. The third-order valence-corrected chi connectivity index (χ3v) is 13.0. The molecule has 334 valence electrons. The van der Waals surface area contributed by atoms with E-state index in [1.54, 1.807) is 22.1 Å². The molecule has 1 aromatic rings. The number of rotatable bonds is 19. The zero-order valence-electron chi connectivity index (χ0n) is 34.6. The van der Waals surface area contributed by atoms with E-state index in [9.17, 15) is 35.1 Å². The van der Waals surface area contributed by atoms with Crippen molar-refractivity contribution in [1.29, 1.82) is 0 Å². The smallest absolute Gasteiger partial charge is 0.327 e. The first-order valence-electron chi connectivity index (χ1n) is 21.9. The first-order valence-corrected chi connectivity index (χ1v) is 21.9. The van der Waals surface area contributed by atoms with Gasteiger partial charge < -0.3 is 59.4 Å². The summed E-state index contributed by atoms with van der Waals surface area (Å²) in [6.45, 7) is 4.04. The van der Waals surface area contributed by atoms with Crippen LogP contribution in [0.3, 0.4) is 0 Å². The SMILES string of the molecule is CCCCCC1(CCCCC)O[C@@H]2[C@H](O1)[C@H]1ON(Cc3ccc(C=CCO[C@H]4O[C@H](CO)[C@H](O)[C@H](O)[C@H]4O)cc3)[C@H]3C(=O)O[C@@H]2C[C@@]13C(=O)N1CCC[C@@H]1C(=O)NCCO. The summed E-state index contributed by atoms with van der Waals surface area (Å²) in [6.07, 6.45) is 2.07. The van der Waals surface area contributed by atoms with Crippen molar-refractivity contribution in [3.63, 3.8) is 0 Å². The molecule has 17 heteroatoms. The van der Waals surface area contributed by atoms with Crippen LogP contribution >= 0.6 is 0 Å². The third kappa shape index (κ3) is 8.78. The highest BCUT2D eigenvalue weighted by molar-refractivity contribution is 5.96. The number of hydrogen-bond donors (Lipinski definition) is 6. The molecule has 17 nitrogen and oxygen atoms in total. The molecule has 12 atom stereocenters. The van der Waals surface area contributed by atoms with Crippen LogP contribution in [0.25, 0.3) is 6.08 Å².